The average molecular weight is 437 g/mol. The fourth-order valence-corrected chi connectivity index (χ4v) is 2.59. The van der Waals surface area contributed by atoms with Crippen molar-refractivity contribution in [2.24, 2.45) is 5.10 Å². The second-order valence-corrected chi connectivity index (χ2v) is 6.37. The number of nitrogens with zero attached hydrogens (tertiary/aromatic N) is 4. The van der Waals surface area contributed by atoms with E-state index in [1.807, 2.05) is 0 Å². The molecule has 0 aromatic heterocycles. The quantitative estimate of drug-likeness (QED) is 0.292. The molecule has 1 N–H and O–H groups in total. The molecule has 3 aromatic carbocycles. The second-order valence-electron chi connectivity index (χ2n) is 6.37. The van der Waals surface area contributed by atoms with Crippen LogP contribution in [0.5, 0.6) is 5.75 Å². The van der Waals surface area contributed by atoms with E-state index in [-0.39, 0.29) is 18.0 Å². The van der Waals surface area contributed by atoms with Gasteiger partial charge in [0.2, 0.25) is 0 Å². The number of hydrogen-bond donors (Lipinski definition) is 1. The van der Waals surface area contributed by atoms with Gasteiger partial charge in [0.15, 0.2) is 0 Å². The van der Waals surface area contributed by atoms with Crippen molar-refractivity contribution in [2.75, 3.05) is 5.43 Å². The number of benzene rings is 3. The third-order valence-corrected chi connectivity index (χ3v) is 4.22. The minimum absolute atomic E-state index is 0.00468. The van der Waals surface area contributed by atoms with Crippen molar-refractivity contribution < 1.29 is 19.5 Å². The first kappa shape index (κ1) is 21.8. The standard InChI is InChI=1S/C20H15N5O7/c26-23(27)16-5-1-15(2-6-16)13-32-18-8-3-14(4-9-18)12-21-22-19-10-7-17(24(28)29)11-20(19)25(30)31/h1-12,22H,13H2/b21-12-. The van der Waals surface area contributed by atoms with Gasteiger partial charge in [-0.3, -0.25) is 35.8 Å². The molecule has 0 aliphatic carbocycles. The SMILES string of the molecule is O=[N+]([O-])c1ccc(COc2ccc(/C=N\Nc3ccc([N+](=O)[O-])cc3[N+](=O)[O-])cc2)cc1. The van der Waals surface area contributed by atoms with Crippen LogP contribution in [-0.4, -0.2) is 21.0 Å². The summed E-state index contributed by atoms with van der Waals surface area (Å²) in [6.07, 6.45) is 1.42. The van der Waals surface area contributed by atoms with E-state index in [0.717, 1.165) is 17.7 Å². The highest BCUT2D eigenvalue weighted by Crippen LogP contribution is 2.28. The van der Waals surface area contributed by atoms with Gasteiger partial charge in [-0.25, -0.2) is 0 Å². The molecular weight excluding hydrogens is 422 g/mol. The molecule has 0 saturated carbocycles. The fraction of sp³-hybridized carbons (Fsp3) is 0.0500. The molecule has 3 rings (SSSR count). The summed E-state index contributed by atoms with van der Waals surface area (Å²) >= 11 is 0. The lowest BCUT2D eigenvalue weighted by molar-refractivity contribution is -0.393. The van der Waals surface area contributed by atoms with Crippen LogP contribution in [0.25, 0.3) is 0 Å². The molecule has 0 saturated heterocycles. The van der Waals surface area contributed by atoms with E-state index in [4.69, 9.17) is 4.74 Å². The normalized spacial score (nSPS) is 10.6. The molecule has 162 valence electrons. The Labute approximate surface area is 180 Å². The maximum absolute atomic E-state index is 11.1. The zero-order valence-electron chi connectivity index (χ0n) is 16.3. The number of hydrazone groups is 1. The molecule has 12 heteroatoms. The Morgan fingerprint density at radius 3 is 2.03 bits per heavy atom. The summed E-state index contributed by atoms with van der Waals surface area (Å²) in [5.74, 6) is 0.569. The summed E-state index contributed by atoms with van der Waals surface area (Å²) in [7, 11) is 0. The van der Waals surface area contributed by atoms with Crippen molar-refractivity contribution in [1.82, 2.24) is 0 Å². The van der Waals surface area contributed by atoms with Crippen LogP contribution < -0.4 is 10.2 Å². The molecule has 0 unspecified atom stereocenters. The van der Waals surface area contributed by atoms with E-state index in [2.05, 4.69) is 10.5 Å². The van der Waals surface area contributed by atoms with Crippen LogP contribution in [0, 0.1) is 30.3 Å². The highest BCUT2D eigenvalue weighted by Gasteiger charge is 2.19. The Morgan fingerprint density at radius 2 is 1.44 bits per heavy atom. The molecule has 3 aromatic rings. The van der Waals surface area contributed by atoms with Gasteiger partial charge in [0.05, 0.1) is 27.1 Å². The number of non-ortho nitro benzene ring substituents is 2. The number of nitro benzene ring substituents is 3. The highest BCUT2D eigenvalue weighted by atomic mass is 16.6. The van der Waals surface area contributed by atoms with E-state index in [9.17, 15) is 30.3 Å². The molecule has 0 aliphatic rings. The van der Waals surface area contributed by atoms with Crippen LogP contribution in [0.3, 0.4) is 0 Å². The van der Waals surface area contributed by atoms with E-state index in [1.165, 1.54) is 24.4 Å². The van der Waals surface area contributed by atoms with Gasteiger partial charge in [0.1, 0.15) is 18.0 Å². The van der Waals surface area contributed by atoms with Gasteiger partial charge >= 0.3 is 5.69 Å². The third-order valence-electron chi connectivity index (χ3n) is 4.22. The molecule has 12 nitrogen and oxygen atoms in total. The van der Waals surface area contributed by atoms with Gasteiger partial charge in [-0.2, -0.15) is 5.10 Å². The van der Waals surface area contributed by atoms with Crippen molar-refractivity contribution in [1.29, 1.82) is 0 Å². The number of hydrogen-bond acceptors (Lipinski definition) is 9. The molecule has 0 fully saturated rings. The Bertz CT molecular complexity index is 1180. The van der Waals surface area contributed by atoms with Gasteiger partial charge in [0, 0.05) is 18.2 Å². The highest BCUT2D eigenvalue weighted by molar-refractivity contribution is 5.81. The average Bonchev–Trinajstić information content (AvgIpc) is 2.78. The maximum Gasteiger partial charge on any atom is 0.301 e. The summed E-state index contributed by atoms with van der Waals surface area (Å²) < 4.78 is 5.63. The Kier molecular flexibility index (Phi) is 6.65. The summed E-state index contributed by atoms with van der Waals surface area (Å²) in [6.45, 7) is 0.233. The van der Waals surface area contributed by atoms with Crippen LogP contribution in [0.4, 0.5) is 22.7 Å². The van der Waals surface area contributed by atoms with Gasteiger partial charge in [0.25, 0.3) is 11.4 Å². The lowest BCUT2D eigenvalue weighted by atomic mass is 10.2. The van der Waals surface area contributed by atoms with E-state index < -0.39 is 26.1 Å². The molecule has 0 radical (unpaired) electrons. The number of nitrogens with one attached hydrogen (secondary N) is 1. The lowest BCUT2D eigenvalue weighted by Gasteiger charge is -2.06. The topological polar surface area (TPSA) is 163 Å². The zero-order valence-corrected chi connectivity index (χ0v) is 16.3. The molecule has 0 bridgehead atoms. The van der Waals surface area contributed by atoms with Crippen LogP contribution >= 0.6 is 0 Å². The summed E-state index contributed by atoms with van der Waals surface area (Å²) in [4.78, 5) is 30.6. The van der Waals surface area contributed by atoms with Gasteiger partial charge in [-0.1, -0.05) is 0 Å². The minimum Gasteiger partial charge on any atom is -0.489 e. The fourth-order valence-electron chi connectivity index (χ4n) is 2.59. The Balaban J connectivity index is 1.59. The van der Waals surface area contributed by atoms with E-state index in [0.29, 0.717) is 11.3 Å². The monoisotopic (exact) mass is 437 g/mol. The van der Waals surface area contributed by atoms with Gasteiger partial charge in [-0.05, 0) is 53.6 Å². The predicted molar refractivity (Wildman–Crippen MR) is 115 cm³/mol. The van der Waals surface area contributed by atoms with Gasteiger partial charge < -0.3 is 4.74 Å². The zero-order chi connectivity index (χ0) is 23.1. The smallest absolute Gasteiger partial charge is 0.301 e. The molecule has 0 spiro atoms. The molecule has 32 heavy (non-hydrogen) atoms. The van der Waals surface area contributed by atoms with Crippen LogP contribution in [0.2, 0.25) is 0 Å². The van der Waals surface area contributed by atoms with Crippen molar-refractivity contribution in [3.05, 3.63) is 108 Å². The number of rotatable bonds is 9. The second kappa shape index (κ2) is 9.75. The first-order chi connectivity index (χ1) is 15.3. The van der Waals surface area contributed by atoms with Crippen LogP contribution in [0.15, 0.2) is 71.8 Å². The van der Waals surface area contributed by atoms with Crippen molar-refractivity contribution in [3.63, 3.8) is 0 Å². The molecule has 0 atom stereocenters. The van der Waals surface area contributed by atoms with E-state index in [1.54, 1.807) is 36.4 Å². The number of ether oxygens (including phenoxy) is 1. The molecular formula is C20H15N5O7. The lowest BCUT2D eigenvalue weighted by Crippen LogP contribution is -1.99. The van der Waals surface area contributed by atoms with Crippen LogP contribution in [-0.2, 0) is 6.61 Å². The van der Waals surface area contributed by atoms with Crippen molar-refractivity contribution in [3.8, 4) is 5.75 Å². The third kappa shape index (κ3) is 5.60. The Morgan fingerprint density at radius 1 is 0.812 bits per heavy atom. The Hall–Kier alpha value is -4.87. The van der Waals surface area contributed by atoms with Crippen molar-refractivity contribution in [2.45, 2.75) is 6.61 Å². The molecule has 0 amide bonds. The van der Waals surface area contributed by atoms with Crippen molar-refractivity contribution >= 4 is 29.0 Å². The largest absolute Gasteiger partial charge is 0.489 e. The van der Waals surface area contributed by atoms with Crippen LogP contribution in [0.1, 0.15) is 11.1 Å². The first-order valence-electron chi connectivity index (χ1n) is 9.01. The predicted octanol–water partition coefficient (Wildman–Crippen LogP) is 4.44. The summed E-state index contributed by atoms with van der Waals surface area (Å²) in [6, 6.07) is 16.1. The first-order valence-corrected chi connectivity index (χ1v) is 9.01. The number of anilines is 1. The van der Waals surface area contributed by atoms with E-state index >= 15 is 0 Å². The maximum atomic E-state index is 11.1. The van der Waals surface area contributed by atoms with Gasteiger partial charge in [-0.15, -0.1) is 0 Å². The minimum atomic E-state index is -0.734. The molecule has 0 aliphatic heterocycles. The molecule has 0 heterocycles. The summed E-state index contributed by atoms with van der Waals surface area (Å²) in [5, 5.41) is 36.5. The number of nitro groups is 3. The summed E-state index contributed by atoms with van der Waals surface area (Å²) in [5.41, 5.74) is 3.11.